The van der Waals surface area contributed by atoms with Gasteiger partial charge in [0.05, 0.1) is 0 Å². The van der Waals surface area contributed by atoms with Gasteiger partial charge in [0.1, 0.15) is 12.6 Å². The first-order chi connectivity index (χ1) is 12.6. The first-order valence-electron chi connectivity index (χ1n) is 8.95. The van der Waals surface area contributed by atoms with Crippen molar-refractivity contribution in [3.05, 3.63) is 65.7 Å². The summed E-state index contributed by atoms with van der Waals surface area (Å²) in [7, 11) is 1.87. The summed E-state index contributed by atoms with van der Waals surface area (Å²) < 4.78 is 5.17. The minimum absolute atomic E-state index is 0.0561. The van der Waals surface area contributed by atoms with Crippen molar-refractivity contribution >= 4 is 25.7 Å². The van der Waals surface area contributed by atoms with Gasteiger partial charge in [-0.25, -0.2) is 9.69 Å². The Kier molecular flexibility index (Phi) is 5.61. The maximum absolute atomic E-state index is 12.9. The van der Waals surface area contributed by atoms with E-state index in [0.29, 0.717) is 0 Å². The lowest BCUT2D eigenvalue weighted by Gasteiger charge is -2.23. The number of nitrogens with one attached hydrogen (secondary N) is 1. The number of cyclic esters (lactones) is 1. The molecule has 3 rings (SSSR count). The fourth-order valence-corrected chi connectivity index (χ4v) is 3.37. The van der Waals surface area contributed by atoms with Crippen LogP contribution in [0.2, 0.25) is 0 Å². The minimum Gasteiger partial charge on any atom is -0.446 e. The van der Waals surface area contributed by atoms with Crippen molar-refractivity contribution in [3.8, 4) is 0 Å². The predicted molar refractivity (Wildman–Crippen MR) is 104 cm³/mol. The summed E-state index contributed by atoms with van der Waals surface area (Å²) in [5.74, 6) is -0.135. The molecule has 0 aromatic heterocycles. The first kappa shape index (κ1) is 18.0. The van der Waals surface area contributed by atoms with Crippen LogP contribution in [0.25, 0.3) is 0 Å². The van der Waals surface area contributed by atoms with E-state index in [1.54, 1.807) is 0 Å². The SMILES string of the molecule is BNc1cccc([C@@H](CC)CC(=O)N2C(=O)OC[C@H]2c2ccccc2)c1. The number of ether oxygens (including phenoxy) is 1. The average molecular weight is 350 g/mol. The second-order valence-electron chi connectivity index (χ2n) is 6.45. The molecule has 5 nitrogen and oxygen atoms in total. The van der Waals surface area contributed by atoms with Crippen molar-refractivity contribution in [2.45, 2.75) is 31.7 Å². The second kappa shape index (κ2) is 8.08. The van der Waals surface area contributed by atoms with Crippen LogP contribution in [0.3, 0.4) is 0 Å². The van der Waals surface area contributed by atoms with Crippen molar-refractivity contribution in [1.82, 2.24) is 4.90 Å². The van der Waals surface area contributed by atoms with E-state index in [1.165, 1.54) is 4.90 Å². The molecular weight excluding hydrogens is 327 g/mol. The van der Waals surface area contributed by atoms with Gasteiger partial charge in [0.15, 0.2) is 0 Å². The zero-order valence-electron chi connectivity index (χ0n) is 15.1. The third-order valence-electron chi connectivity index (χ3n) is 4.89. The van der Waals surface area contributed by atoms with E-state index >= 15 is 0 Å². The fourth-order valence-electron chi connectivity index (χ4n) is 3.37. The zero-order chi connectivity index (χ0) is 18.5. The van der Waals surface area contributed by atoms with Crippen LogP contribution in [0.5, 0.6) is 0 Å². The summed E-state index contributed by atoms with van der Waals surface area (Å²) in [6.07, 6.45) is 0.544. The molecule has 2 atom stereocenters. The molecule has 0 spiro atoms. The molecule has 0 unspecified atom stereocenters. The van der Waals surface area contributed by atoms with Gasteiger partial charge in [0.2, 0.25) is 13.9 Å². The number of anilines is 1. The second-order valence-corrected chi connectivity index (χ2v) is 6.45. The highest BCUT2D eigenvalue weighted by molar-refractivity contribution is 6.15. The van der Waals surface area contributed by atoms with Gasteiger partial charge in [-0.05, 0) is 35.6 Å². The largest absolute Gasteiger partial charge is 0.446 e. The summed E-state index contributed by atoms with van der Waals surface area (Å²) in [5.41, 5.74) is 3.02. The molecule has 2 aromatic carbocycles. The van der Waals surface area contributed by atoms with E-state index in [1.807, 2.05) is 56.5 Å². The lowest BCUT2D eigenvalue weighted by molar-refractivity contribution is -0.129. The predicted octanol–water partition coefficient (Wildman–Crippen LogP) is 3.25. The van der Waals surface area contributed by atoms with E-state index in [0.717, 1.165) is 23.2 Å². The molecule has 0 bridgehead atoms. The minimum atomic E-state index is -0.553. The van der Waals surface area contributed by atoms with E-state index in [4.69, 9.17) is 4.74 Å². The molecule has 2 amide bonds. The van der Waals surface area contributed by atoms with Gasteiger partial charge < -0.3 is 9.96 Å². The van der Waals surface area contributed by atoms with Gasteiger partial charge in [-0.3, -0.25) is 4.79 Å². The Morgan fingerprint density at radius 2 is 2.04 bits per heavy atom. The van der Waals surface area contributed by atoms with Gasteiger partial charge in [0.25, 0.3) is 0 Å². The van der Waals surface area contributed by atoms with Crippen molar-refractivity contribution in [2.24, 2.45) is 0 Å². The van der Waals surface area contributed by atoms with Crippen LogP contribution in [0.4, 0.5) is 10.5 Å². The zero-order valence-corrected chi connectivity index (χ0v) is 15.1. The summed E-state index contributed by atoms with van der Waals surface area (Å²) in [6.45, 7) is 2.27. The Bertz CT molecular complexity index is 782. The molecule has 0 aliphatic carbocycles. The number of hydrogen-bond donors (Lipinski definition) is 1. The van der Waals surface area contributed by atoms with Crippen molar-refractivity contribution in [3.63, 3.8) is 0 Å². The fraction of sp³-hybridized carbons (Fsp3) is 0.300. The Balaban J connectivity index is 1.79. The van der Waals surface area contributed by atoms with E-state index in [9.17, 15) is 9.59 Å². The molecule has 1 N–H and O–H groups in total. The molecule has 1 saturated heterocycles. The third-order valence-corrected chi connectivity index (χ3v) is 4.89. The van der Waals surface area contributed by atoms with Crippen LogP contribution in [0.15, 0.2) is 54.6 Å². The topological polar surface area (TPSA) is 58.6 Å². The van der Waals surface area contributed by atoms with Crippen molar-refractivity contribution < 1.29 is 14.3 Å². The van der Waals surface area contributed by atoms with Gasteiger partial charge in [-0.2, -0.15) is 0 Å². The summed E-state index contributed by atoms with van der Waals surface area (Å²) >= 11 is 0. The Labute approximate surface area is 154 Å². The van der Waals surface area contributed by atoms with E-state index in [-0.39, 0.29) is 30.9 Å². The normalized spacial score (nSPS) is 17.7. The smallest absolute Gasteiger partial charge is 0.417 e. The Morgan fingerprint density at radius 3 is 2.73 bits per heavy atom. The van der Waals surface area contributed by atoms with Crippen molar-refractivity contribution in [2.75, 3.05) is 11.8 Å². The van der Waals surface area contributed by atoms with Gasteiger partial charge in [0, 0.05) is 12.1 Å². The number of amides is 2. The summed E-state index contributed by atoms with van der Waals surface area (Å²) in [6, 6.07) is 17.2. The van der Waals surface area contributed by atoms with Crippen LogP contribution < -0.4 is 5.23 Å². The summed E-state index contributed by atoms with van der Waals surface area (Å²) in [5, 5.41) is 3.12. The average Bonchev–Trinajstić information content (AvgIpc) is 3.08. The highest BCUT2D eigenvalue weighted by Crippen LogP contribution is 2.32. The molecule has 134 valence electrons. The molecular formula is C20H23BN2O3. The van der Waals surface area contributed by atoms with E-state index in [2.05, 4.69) is 18.2 Å². The van der Waals surface area contributed by atoms with Crippen LogP contribution in [-0.2, 0) is 9.53 Å². The number of imide groups is 1. The molecule has 1 aliphatic rings. The molecule has 1 aliphatic heterocycles. The van der Waals surface area contributed by atoms with Gasteiger partial charge >= 0.3 is 6.09 Å². The quantitative estimate of drug-likeness (QED) is 0.813. The first-order valence-corrected chi connectivity index (χ1v) is 8.95. The third kappa shape index (κ3) is 3.74. The molecule has 1 heterocycles. The lowest BCUT2D eigenvalue weighted by atomic mass is 9.92. The standard InChI is InChI=1S/C20H23BN2O3/c1-2-14(16-9-6-10-17(11-16)22-21)12-19(24)23-18(13-26-20(23)25)15-7-4-3-5-8-15/h3-11,14,18,22H,2,12-13,21H2,1H3/t14-,18-/m0/s1. The number of nitrogens with zero attached hydrogens (tertiary/aromatic N) is 1. The van der Waals surface area contributed by atoms with Crippen LogP contribution in [0.1, 0.15) is 42.9 Å². The molecule has 6 heteroatoms. The molecule has 0 radical (unpaired) electrons. The molecule has 1 fully saturated rings. The van der Waals surface area contributed by atoms with Gasteiger partial charge in [-0.1, -0.05) is 49.4 Å². The van der Waals surface area contributed by atoms with Crippen LogP contribution in [0, 0.1) is 0 Å². The Hall–Kier alpha value is -2.76. The maximum atomic E-state index is 12.9. The maximum Gasteiger partial charge on any atom is 0.417 e. The van der Waals surface area contributed by atoms with Crippen LogP contribution >= 0.6 is 0 Å². The highest BCUT2D eigenvalue weighted by Gasteiger charge is 2.39. The van der Waals surface area contributed by atoms with Crippen LogP contribution in [-0.4, -0.2) is 31.5 Å². The number of carbonyl (C=O) groups excluding carboxylic acids is 2. The summed E-state index contributed by atoms with van der Waals surface area (Å²) in [4.78, 5) is 26.4. The number of carbonyl (C=O) groups is 2. The number of rotatable bonds is 6. The Morgan fingerprint density at radius 1 is 1.27 bits per heavy atom. The van der Waals surface area contributed by atoms with Crippen molar-refractivity contribution in [1.29, 1.82) is 0 Å². The van der Waals surface area contributed by atoms with Gasteiger partial charge in [-0.15, -0.1) is 0 Å². The lowest BCUT2D eigenvalue weighted by Crippen LogP contribution is -2.35. The molecule has 0 saturated carbocycles. The molecule has 2 aromatic rings. The van der Waals surface area contributed by atoms with E-state index < -0.39 is 6.09 Å². The highest BCUT2D eigenvalue weighted by atomic mass is 16.6. The number of hydrogen-bond acceptors (Lipinski definition) is 4. The molecule has 26 heavy (non-hydrogen) atoms. The number of benzene rings is 2. The monoisotopic (exact) mass is 350 g/mol.